The Morgan fingerprint density at radius 3 is 1.56 bits per heavy atom. The summed E-state index contributed by atoms with van der Waals surface area (Å²) in [4.78, 5) is 0. The van der Waals surface area contributed by atoms with E-state index in [4.69, 9.17) is 0 Å². The molecule has 1 heteroatoms. The second kappa shape index (κ2) is 7.58. The van der Waals surface area contributed by atoms with Crippen molar-refractivity contribution >= 4 is 12.2 Å². The zero-order chi connectivity index (χ0) is 17.2. The first-order valence-corrected chi connectivity index (χ1v) is 13.3. The summed E-state index contributed by atoms with van der Waals surface area (Å²) in [6, 6.07) is 18.2. The third-order valence-corrected chi connectivity index (χ3v) is 11.2. The zero-order valence-electron chi connectivity index (χ0n) is 15.3. The molecule has 0 nitrogen and oxygen atoms in total. The maximum atomic E-state index is 2.56. The van der Waals surface area contributed by atoms with Crippen LogP contribution in [0.4, 0.5) is 0 Å². The summed E-state index contributed by atoms with van der Waals surface area (Å²) >= 11 is -0.983. The zero-order valence-corrected chi connectivity index (χ0v) is 18.8. The molecular weight excluding hydrogens is 467 g/mol. The van der Waals surface area contributed by atoms with E-state index >= 15 is 0 Å². The van der Waals surface area contributed by atoms with E-state index in [9.17, 15) is 0 Å². The van der Waals surface area contributed by atoms with Crippen LogP contribution in [0.3, 0.4) is 0 Å². The van der Waals surface area contributed by atoms with E-state index in [-0.39, 0.29) is 0 Å². The van der Waals surface area contributed by atoms with Crippen LogP contribution >= 0.6 is 0 Å². The SMILES string of the molecule is CCCC1[C]([Hf][C]2=Cc3ccccc3C2CCC)=Cc2ccccc21. The fraction of sp³-hybridized carbons (Fsp3) is 0.333. The van der Waals surface area contributed by atoms with Gasteiger partial charge < -0.3 is 0 Å². The molecule has 4 rings (SSSR count). The summed E-state index contributed by atoms with van der Waals surface area (Å²) < 4.78 is 3.64. The van der Waals surface area contributed by atoms with Gasteiger partial charge in [0.2, 0.25) is 0 Å². The van der Waals surface area contributed by atoms with E-state index in [0.717, 1.165) is 0 Å². The number of hydrogen-bond donors (Lipinski definition) is 0. The van der Waals surface area contributed by atoms with Gasteiger partial charge in [-0.25, -0.2) is 0 Å². The van der Waals surface area contributed by atoms with Crippen molar-refractivity contribution in [2.24, 2.45) is 0 Å². The molecule has 0 heterocycles. The molecular formula is C24H26Hf. The molecule has 0 saturated carbocycles. The Labute approximate surface area is 163 Å². The van der Waals surface area contributed by atoms with E-state index in [0.29, 0.717) is 11.8 Å². The van der Waals surface area contributed by atoms with Crippen LogP contribution in [0.15, 0.2) is 55.2 Å². The van der Waals surface area contributed by atoms with Crippen molar-refractivity contribution in [3.63, 3.8) is 0 Å². The van der Waals surface area contributed by atoms with Crippen LogP contribution in [0.1, 0.15) is 73.6 Å². The fourth-order valence-electron chi connectivity index (χ4n) is 4.40. The molecule has 0 N–H and O–H groups in total. The van der Waals surface area contributed by atoms with Gasteiger partial charge in [0.1, 0.15) is 0 Å². The van der Waals surface area contributed by atoms with Gasteiger partial charge in [-0.3, -0.25) is 0 Å². The molecule has 25 heavy (non-hydrogen) atoms. The third kappa shape index (κ3) is 3.28. The first-order chi connectivity index (χ1) is 12.3. The average Bonchev–Trinajstić information content (AvgIpc) is 3.15. The van der Waals surface area contributed by atoms with E-state index in [2.05, 4.69) is 74.5 Å². The Balaban J connectivity index is 1.64. The minimum atomic E-state index is -0.983. The Morgan fingerprint density at radius 1 is 0.680 bits per heavy atom. The summed E-state index contributed by atoms with van der Waals surface area (Å²) in [5.41, 5.74) is 6.17. The van der Waals surface area contributed by atoms with Crippen LogP contribution in [0.5, 0.6) is 0 Å². The first-order valence-electron chi connectivity index (χ1n) is 9.69. The number of allylic oxidation sites excluding steroid dienone is 2. The second-order valence-electron chi connectivity index (χ2n) is 7.26. The normalized spacial score (nSPS) is 20.7. The molecule has 2 aromatic rings. The van der Waals surface area contributed by atoms with Crippen LogP contribution in [-0.2, 0) is 22.9 Å². The number of hydrogen-bond acceptors (Lipinski definition) is 0. The number of rotatable bonds is 6. The summed E-state index contributed by atoms with van der Waals surface area (Å²) in [7, 11) is 0. The predicted molar refractivity (Wildman–Crippen MR) is 104 cm³/mol. The minimum absolute atomic E-state index is 0.705. The van der Waals surface area contributed by atoms with Gasteiger partial charge >= 0.3 is 164 Å². The van der Waals surface area contributed by atoms with Gasteiger partial charge in [0.05, 0.1) is 0 Å². The van der Waals surface area contributed by atoms with Gasteiger partial charge in [-0.05, 0) is 0 Å². The molecule has 2 unspecified atom stereocenters. The molecule has 2 aliphatic carbocycles. The summed E-state index contributed by atoms with van der Waals surface area (Å²) in [6.07, 6.45) is 10.3. The van der Waals surface area contributed by atoms with Gasteiger partial charge in [0.25, 0.3) is 0 Å². The maximum absolute atomic E-state index is 2.56. The number of benzene rings is 2. The van der Waals surface area contributed by atoms with Crippen molar-refractivity contribution in [1.82, 2.24) is 0 Å². The van der Waals surface area contributed by atoms with Gasteiger partial charge in [0, 0.05) is 0 Å². The van der Waals surface area contributed by atoms with Crippen molar-refractivity contribution in [1.29, 1.82) is 0 Å². The molecule has 0 amide bonds. The molecule has 0 aromatic heterocycles. The van der Waals surface area contributed by atoms with Gasteiger partial charge in [0.15, 0.2) is 0 Å². The Bertz CT molecular complexity index is 758. The van der Waals surface area contributed by atoms with Crippen molar-refractivity contribution in [2.75, 3.05) is 0 Å². The Morgan fingerprint density at radius 2 is 1.12 bits per heavy atom. The third-order valence-electron chi connectivity index (χ3n) is 5.56. The molecule has 2 atom stereocenters. The standard InChI is InChI=1S/2C12H13.Hf/c2*1-2-5-10-8-9-11-6-3-4-7-12(10)11;/h2*3-4,6-7,9-10H,2,5H2,1H3;. The molecule has 0 fully saturated rings. The van der Waals surface area contributed by atoms with E-state index in [1.54, 1.807) is 11.1 Å². The summed E-state index contributed by atoms with van der Waals surface area (Å²) in [5, 5.41) is 0. The molecule has 2 aliphatic rings. The van der Waals surface area contributed by atoms with Gasteiger partial charge in [-0.15, -0.1) is 0 Å². The topological polar surface area (TPSA) is 0 Å². The molecule has 0 aliphatic heterocycles. The monoisotopic (exact) mass is 494 g/mol. The molecule has 2 aromatic carbocycles. The summed E-state index contributed by atoms with van der Waals surface area (Å²) in [6.45, 7) is 4.66. The van der Waals surface area contributed by atoms with Crippen molar-refractivity contribution < 1.29 is 22.9 Å². The van der Waals surface area contributed by atoms with Crippen LogP contribution in [0.25, 0.3) is 12.2 Å². The quantitative estimate of drug-likeness (QED) is 0.383. The first kappa shape index (κ1) is 17.2. The van der Waals surface area contributed by atoms with Crippen LogP contribution in [0, 0.1) is 0 Å². The van der Waals surface area contributed by atoms with Crippen molar-refractivity contribution in [2.45, 2.75) is 51.4 Å². The van der Waals surface area contributed by atoms with Crippen LogP contribution in [0.2, 0.25) is 0 Å². The van der Waals surface area contributed by atoms with Crippen LogP contribution in [-0.4, -0.2) is 0 Å². The summed E-state index contributed by atoms with van der Waals surface area (Å²) in [5.74, 6) is 1.41. The van der Waals surface area contributed by atoms with Crippen molar-refractivity contribution in [3.05, 3.63) is 77.4 Å². The molecule has 126 valence electrons. The molecule has 0 bridgehead atoms. The van der Waals surface area contributed by atoms with Crippen LogP contribution < -0.4 is 0 Å². The fourth-order valence-corrected chi connectivity index (χ4v) is 10.6. The van der Waals surface area contributed by atoms with E-state index in [1.165, 1.54) is 36.8 Å². The molecule has 0 saturated heterocycles. The van der Waals surface area contributed by atoms with E-state index < -0.39 is 22.9 Å². The Hall–Kier alpha value is -1.21. The second-order valence-corrected chi connectivity index (χ2v) is 12.3. The van der Waals surface area contributed by atoms with Gasteiger partial charge in [-0.2, -0.15) is 0 Å². The number of fused-ring (bicyclic) bond motifs is 2. The van der Waals surface area contributed by atoms with Crippen molar-refractivity contribution in [3.8, 4) is 0 Å². The average molecular weight is 493 g/mol. The Kier molecular flexibility index (Phi) is 5.22. The molecule has 0 radical (unpaired) electrons. The van der Waals surface area contributed by atoms with E-state index in [1.807, 2.05) is 6.66 Å². The molecule has 0 spiro atoms. The van der Waals surface area contributed by atoms with Gasteiger partial charge in [-0.1, -0.05) is 0 Å². The predicted octanol–water partition coefficient (Wildman–Crippen LogP) is 6.95.